The Morgan fingerprint density at radius 1 is 1.15 bits per heavy atom. The third-order valence-corrected chi connectivity index (χ3v) is 8.94. The molecule has 3 rings (SSSR count). The second kappa shape index (κ2) is 11.9. The number of halogens is 6. The van der Waals surface area contributed by atoms with Gasteiger partial charge in [0.05, 0.1) is 10.6 Å². The van der Waals surface area contributed by atoms with Crippen molar-refractivity contribution in [3.63, 3.8) is 0 Å². The number of rotatable bonds is 9. The topological polar surface area (TPSA) is 82.2 Å². The molecule has 16 heteroatoms. The Hall–Kier alpha value is -2.37. The molecule has 1 aliphatic rings. The maximum atomic E-state index is 15.4. The summed E-state index contributed by atoms with van der Waals surface area (Å²) in [4.78, 5) is 17.3. The monoisotopic (exact) mass is 614 g/mol. The molecule has 0 aromatic heterocycles. The maximum absolute atomic E-state index is 15.4. The first-order valence-corrected chi connectivity index (χ1v) is 14.2. The normalized spacial score (nSPS) is 20.9. The van der Waals surface area contributed by atoms with Crippen molar-refractivity contribution in [2.75, 3.05) is 12.8 Å². The van der Waals surface area contributed by atoms with Crippen LogP contribution in [0.1, 0.15) is 31.9 Å². The van der Waals surface area contributed by atoms with E-state index in [4.69, 9.17) is 0 Å². The van der Waals surface area contributed by atoms with Crippen LogP contribution in [0.25, 0.3) is 0 Å². The highest BCUT2D eigenvalue weighted by Gasteiger charge is 2.61. The molecule has 222 valence electrons. The summed E-state index contributed by atoms with van der Waals surface area (Å²) < 4.78 is 111. The number of nitrogens with zero attached hydrogens (tertiary/aromatic N) is 3. The number of alkyl halides is 4. The van der Waals surface area contributed by atoms with Crippen molar-refractivity contribution in [2.24, 2.45) is 0 Å². The average molecular weight is 615 g/mol. The van der Waals surface area contributed by atoms with Gasteiger partial charge in [-0.05, 0) is 51.6 Å². The molecule has 0 spiro atoms. The molecule has 2 unspecified atom stereocenters. The highest BCUT2D eigenvalue weighted by atomic mass is 32.2. The van der Waals surface area contributed by atoms with Crippen LogP contribution < -0.4 is 5.32 Å². The first-order valence-electron chi connectivity index (χ1n) is 11.7. The van der Waals surface area contributed by atoms with Gasteiger partial charge in [-0.1, -0.05) is 35.5 Å². The molecule has 0 amide bonds. The van der Waals surface area contributed by atoms with Crippen LogP contribution in [0.5, 0.6) is 0 Å². The third kappa shape index (κ3) is 6.74. The minimum atomic E-state index is -5.69. The Balaban J connectivity index is 2.11. The number of hydroxylamine groups is 1. The summed E-state index contributed by atoms with van der Waals surface area (Å²) in [6, 6.07) is 9.84. The molecule has 1 saturated heterocycles. The van der Waals surface area contributed by atoms with Gasteiger partial charge in [0.25, 0.3) is 10.0 Å². The lowest BCUT2D eigenvalue weighted by Gasteiger charge is -2.40. The fourth-order valence-corrected chi connectivity index (χ4v) is 6.18. The van der Waals surface area contributed by atoms with Gasteiger partial charge in [-0.15, -0.1) is 16.2 Å². The van der Waals surface area contributed by atoms with E-state index in [9.17, 15) is 30.8 Å². The van der Waals surface area contributed by atoms with E-state index in [1.165, 1.54) is 24.3 Å². The molecular weight excluding hydrogens is 586 g/mol. The minimum absolute atomic E-state index is 0.0853. The largest absolute Gasteiger partial charge is 0.492 e. The van der Waals surface area contributed by atoms with Crippen molar-refractivity contribution >= 4 is 27.8 Å². The number of nitrogens with one attached hydrogen (secondary N) is 1. The zero-order valence-corrected chi connectivity index (χ0v) is 23.5. The summed E-state index contributed by atoms with van der Waals surface area (Å²) in [6.07, 6.45) is -5.69. The molecule has 1 fully saturated rings. The van der Waals surface area contributed by atoms with E-state index in [0.717, 1.165) is 18.2 Å². The number of hydrogen-bond donors (Lipinski definition) is 1. The standard InChI is InChI=1S/C24H28F6N4O4S2/c1-22(2,3)32(4)14-16-9-8-12-19(25)18(16)13-31-23(15-39-21(26)33(23)30)34(38-20(35)24(27,28)29)40(36,37)17-10-6-5-7-11-17/h5-12,21,31H,13-15H2,1-4H3. The van der Waals surface area contributed by atoms with Gasteiger partial charge >= 0.3 is 12.1 Å². The molecule has 8 nitrogen and oxygen atoms in total. The maximum Gasteiger partial charge on any atom is 0.492 e. The second-order valence-corrected chi connectivity index (χ2v) is 12.7. The van der Waals surface area contributed by atoms with Gasteiger partial charge in [-0.2, -0.15) is 13.2 Å². The van der Waals surface area contributed by atoms with Crippen LogP contribution >= 0.6 is 11.8 Å². The smallest absolute Gasteiger partial charge is 0.342 e. The van der Waals surface area contributed by atoms with Gasteiger partial charge in [0.15, 0.2) is 0 Å². The molecule has 1 N–H and O–H groups in total. The Labute approximate surface area is 232 Å². The van der Waals surface area contributed by atoms with Crippen LogP contribution in [0.4, 0.5) is 26.4 Å². The Morgan fingerprint density at radius 2 is 1.77 bits per heavy atom. The number of sulfonamides is 1. The van der Waals surface area contributed by atoms with Crippen molar-refractivity contribution in [1.82, 2.24) is 19.8 Å². The summed E-state index contributed by atoms with van der Waals surface area (Å²) >= 11 is 0.185. The van der Waals surface area contributed by atoms with Crippen molar-refractivity contribution < 1.29 is 44.5 Å². The van der Waals surface area contributed by atoms with Gasteiger partial charge in [-0.25, -0.2) is 22.0 Å². The van der Waals surface area contributed by atoms with Crippen LogP contribution in [0.3, 0.4) is 0 Å². The number of carbonyl (C=O) groups excluding carboxylic acids is 1. The number of benzene rings is 2. The zero-order valence-electron chi connectivity index (χ0n) is 21.9. The molecule has 40 heavy (non-hydrogen) atoms. The molecule has 2 atom stereocenters. The fourth-order valence-electron chi connectivity index (χ4n) is 3.61. The van der Waals surface area contributed by atoms with Crippen molar-refractivity contribution in [3.05, 3.63) is 65.5 Å². The highest BCUT2D eigenvalue weighted by molar-refractivity contribution is 8.00. The summed E-state index contributed by atoms with van der Waals surface area (Å²) in [6.45, 7) is 5.20. The quantitative estimate of drug-likeness (QED) is 0.143. The van der Waals surface area contributed by atoms with Gasteiger partial charge in [0, 0.05) is 28.7 Å². The van der Waals surface area contributed by atoms with Crippen LogP contribution in [-0.4, -0.2) is 64.8 Å². The van der Waals surface area contributed by atoms with Crippen molar-refractivity contribution in [3.8, 4) is 0 Å². The van der Waals surface area contributed by atoms with E-state index in [1.807, 2.05) is 25.7 Å². The minimum Gasteiger partial charge on any atom is -0.342 e. The highest BCUT2D eigenvalue weighted by Crippen LogP contribution is 2.42. The molecule has 0 bridgehead atoms. The lowest BCUT2D eigenvalue weighted by molar-refractivity contribution is -0.276. The van der Waals surface area contributed by atoms with E-state index in [0.29, 0.717) is 5.56 Å². The predicted molar refractivity (Wildman–Crippen MR) is 135 cm³/mol. The molecule has 2 aromatic carbocycles. The van der Waals surface area contributed by atoms with Crippen LogP contribution in [0.15, 0.2) is 53.4 Å². The second-order valence-electron chi connectivity index (χ2n) is 9.91. The first kappa shape index (κ1) is 32.1. The summed E-state index contributed by atoms with van der Waals surface area (Å²) in [5.74, 6) is -7.70. The van der Waals surface area contributed by atoms with Gasteiger partial charge in [-0.3, -0.25) is 10.2 Å². The van der Waals surface area contributed by atoms with Gasteiger partial charge in [0.2, 0.25) is 11.4 Å². The number of carbonyl (C=O) groups is 1. The van der Waals surface area contributed by atoms with E-state index in [-0.39, 0.29) is 29.4 Å². The molecule has 1 aliphatic heterocycles. The summed E-state index contributed by atoms with van der Waals surface area (Å²) in [5.41, 5.74) is -2.63. The molecule has 0 radical (unpaired) electrons. The van der Waals surface area contributed by atoms with E-state index in [2.05, 4.69) is 10.2 Å². The van der Waals surface area contributed by atoms with Crippen molar-refractivity contribution in [2.45, 2.75) is 61.9 Å². The zero-order chi connectivity index (χ0) is 30.1. The first-order chi connectivity index (χ1) is 18.4. The molecule has 1 heterocycles. The molecular formula is C24H28F6N4O4S2. The molecule has 0 aliphatic carbocycles. The lowest BCUT2D eigenvalue weighted by atomic mass is 10.0. The SMILES string of the molecule is CN(Cc1cccc(F)c1CNC1(N(OC(=O)C(F)(F)F)S(=O)(=O)c2ccccc2)CSC(F)N1F)C(C)(C)C. The van der Waals surface area contributed by atoms with E-state index >= 15 is 8.87 Å². The van der Waals surface area contributed by atoms with Crippen LogP contribution in [0, 0.1) is 5.82 Å². The molecule has 0 saturated carbocycles. The number of hydrogen-bond acceptors (Lipinski definition) is 8. The van der Waals surface area contributed by atoms with Gasteiger partial charge < -0.3 is 4.84 Å². The van der Waals surface area contributed by atoms with Crippen molar-refractivity contribution in [1.29, 1.82) is 0 Å². The average Bonchev–Trinajstić information content (AvgIpc) is 3.15. The predicted octanol–water partition coefficient (Wildman–Crippen LogP) is 4.70. The number of thioether (sulfide) groups is 1. The van der Waals surface area contributed by atoms with Gasteiger partial charge in [0.1, 0.15) is 5.82 Å². The summed E-state index contributed by atoms with van der Waals surface area (Å²) in [5, 5.41) is 1.63. The summed E-state index contributed by atoms with van der Waals surface area (Å²) in [7, 11) is -3.49. The Morgan fingerprint density at radius 3 is 2.30 bits per heavy atom. The van der Waals surface area contributed by atoms with Crippen LogP contribution in [0.2, 0.25) is 0 Å². The Bertz CT molecular complexity index is 1310. The fraction of sp³-hybridized carbons (Fsp3) is 0.458. The van der Waals surface area contributed by atoms with E-state index in [1.54, 1.807) is 13.1 Å². The van der Waals surface area contributed by atoms with Crippen LogP contribution in [-0.2, 0) is 32.7 Å². The van der Waals surface area contributed by atoms with E-state index < -0.39 is 66.2 Å². The third-order valence-electron chi connectivity index (χ3n) is 6.23. The molecule has 2 aromatic rings. The lowest BCUT2D eigenvalue weighted by Crippen LogP contribution is -2.68. The Kier molecular flexibility index (Phi) is 9.53.